The zero-order chi connectivity index (χ0) is 13.7. The first-order chi connectivity index (χ1) is 8.45. The quantitative estimate of drug-likeness (QED) is 0.294. The van der Waals surface area contributed by atoms with Crippen molar-refractivity contribution >= 4 is 17.4 Å². The molecule has 8 nitrogen and oxygen atoms in total. The van der Waals surface area contributed by atoms with Gasteiger partial charge in [-0.25, -0.2) is 0 Å². The molecule has 4 N–H and O–H groups in total. The van der Waals surface area contributed by atoms with Gasteiger partial charge in [-0.3, -0.25) is 20.3 Å². The summed E-state index contributed by atoms with van der Waals surface area (Å²) in [6.07, 6.45) is 1.57. The standard InChI is InChI=1S/C10H15N5O3/c1-2-14-6-7(15(17)18)5-8(14)10(16)13-4-3-9(11)12/h5-6H,2-4H2,1H3,(H3,11,12)(H,13,16). The van der Waals surface area contributed by atoms with E-state index in [0.29, 0.717) is 6.54 Å². The van der Waals surface area contributed by atoms with Crippen LogP contribution in [0, 0.1) is 15.5 Å². The van der Waals surface area contributed by atoms with E-state index in [1.54, 1.807) is 6.92 Å². The highest BCUT2D eigenvalue weighted by Crippen LogP contribution is 2.16. The van der Waals surface area contributed by atoms with Crippen molar-refractivity contribution in [3.8, 4) is 0 Å². The van der Waals surface area contributed by atoms with Gasteiger partial charge in [-0.2, -0.15) is 0 Å². The van der Waals surface area contributed by atoms with Gasteiger partial charge < -0.3 is 15.6 Å². The molecule has 18 heavy (non-hydrogen) atoms. The number of carbonyl (C=O) groups is 1. The van der Waals surface area contributed by atoms with E-state index in [0.717, 1.165) is 0 Å². The Morgan fingerprint density at radius 1 is 1.67 bits per heavy atom. The van der Waals surface area contributed by atoms with Crippen molar-refractivity contribution in [2.75, 3.05) is 6.54 Å². The number of hydrogen-bond acceptors (Lipinski definition) is 4. The second-order valence-electron chi connectivity index (χ2n) is 3.66. The zero-order valence-corrected chi connectivity index (χ0v) is 9.97. The fourth-order valence-electron chi connectivity index (χ4n) is 1.45. The molecule has 0 aromatic carbocycles. The highest BCUT2D eigenvalue weighted by molar-refractivity contribution is 5.93. The van der Waals surface area contributed by atoms with E-state index < -0.39 is 10.8 Å². The largest absolute Gasteiger partial charge is 0.388 e. The van der Waals surface area contributed by atoms with E-state index in [1.165, 1.54) is 16.8 Å². The summed E-state index contributed by atoms with van der Waals surface area (Å²) >= 11 is 0. The Morgan fingerprint density at radius 2 is 2.33 bits per heavy atom. The smallest absolute Gasteiger partial charge is 0.287 e. The molecule has 0 aliphatic carbocycles. The van der Waals surface area contributed by atoms with Gasteiger partial charge in [-0.05, 0) is 6.92 Å². The average molecular weight is 253 g/mol. The molecule has 1 rings (SSSR count). The Labute approximate surface area is 103 Å². The summed E-state index contributed by atoms with van der Waals surface area (Å²) in [5.74, 6) is -0.432. The lowest BCUT2D eigenvalue weighted by atomic mass is 10.3. The summed E-state index contributed by atoms with van der Waals surface area (Å²) in [4.78, 5) is 21.9. The molecule has 8 heteroatoms. The average Bonchev–Trinajstić information content (AvgIpc) is 2.72. The van der Waals surface area contributed by atoms with Crippen LogP contribution in [0.5, 0.6) is 0 Å². The molecule has 1 amide bonds. The van der Waals surface area contributed by atoms with Gasteiger partial charge in [0.15, 0.2) is 0 Å². The van der Waals surface area contributed by atoms with Crippen molar-refractivity contribution < 1.29 is 9.72 Å². The molecular formula is C10H15N5O3. The molecule has 0 radical (unpaired) electrons. The van der Waals surface area contributed by atoms with Crippen LogP contribution in [0.1, 0.15) is 23.8 Å². The first-order valence-electron chi connectivity index (χ1n) is 5.41. The van der Waals surface area contributed by atoms with E-state index in [4.69, 9.17) is 11.1 Å². The third-order valence-corrected chi connectivity index (χ3v) is 2.35. The van der Waals surface area contributed by atoms with Crippen LogP contribution in [-0.4, -0.2) is 27.8 Å². The monoisotopic (exact) mass is 253 g/mol. The SMILES string of the molecule is CCn1cc([N+](=O)[O-])cc1C(=O)NCCC(=N)N. The summed E-state index contributed by atoms with van der Waals surface area (Å²) < 4.78 is 1.50. The van der Waals surface area contributed by atoms with Crippen LogP contribution in [0.4, 0.5) is 5.69 Å². The van der Waals surface area contributed by atoms with Crippen LogP contribution in [-0.2, 0) is 6.54 Å². The van der Waals surface area contributed by atoms with Gasteiger partial charge in [0, 0.05) is 25.6 Å². The van der Waals surface area contributed by atoms with Crippen LogP contribution in [0.25, 0.3) is 0 Å². The molecule has 0 saturated heterocycles. The van der Waals surface area contributed by atoms with Gasteiger partial charge >= 0.3 is 0 Å². The first-order valence-corrected chi connectivity index (χ1v) is 5.41. The van der Waals surface area contributed by atoms with Crippen LogP contribution in [0.15, 0.2) is 12.3 Å². The van der Waals surface area contributed by atoms with Gasteiger partial charge in [-0.1, -0.05) is 0 Å². The van der Waals surface area contributed by atoms with Crippen LogP contribution in [0.2, 0.25) is 0 Å². The summed E-state index contributed by atoms with van der Waals surface area (Å²) in [5.41, 5.74) is 5.27. The van der Waals surface area contributed by atoms with Crippen LogP contribution >= 0.6 is 0 Å². The highest BCUT2D eigenvalue weighted by atomic mass is 16.6. The molecule has 0 spiro atoms. The summed E-state index contributed by atoms with van der Waals surface area (Å²) in [6.45, 7) is 2.48. The maximum absolute atomic E-state index is 11.8. The van der Waals surface area contributed by atoms with Crippen molar-refractivity contribution in [2.45, 2.75) is 19.9 Å². The highest BCUT2D eigenvalue weighted by Gasteiger charge is 2.18. The van der Waals surface area contributed by atoms with Crippen molar-refractivity contribution in [3.05, 3.63) is 28.1 Å². The van der Waals surface area contributed by atoms with E-state index in [1.807, 2.05) is 0 Å². The number of hydrogen-bond donors (Lipinski definition) is 3. The number of nitrogens with zero attached hydrogens (tertiary/aromatic N) is 2. The van der Waals surface area contributed by atoms with Crippen molar-refractivity contribution in [2.24, 2.45) is 5.73 Å². The Balaban J connectivity index is 2.78. The van der Waals surface area contributed by atoms with Crippen molar-refractivity contribution in [1.82, 2.24) is 9.88 Å². The topological polar surface area (TPSA) is 127 Å². The molecule has 0 fully saturated rings. The Kier molecular flexibility index (Phi) is 4.41. The molecule has 0 aliphatic heterocycles. The first kappa shape index (κ1) is 13.7. The number of aryl methyl sites for hydroxylation is 1. The minimum Gasteiger partial charge on any atom is -0.388 e. The number of rotatable bonds is 6. The van der Waals surface area contributed by atoms with Gasteiger partial charge in [0.05, 0.1) is 17.0 Å². The normalized spacial score (nSPS) is 10.1. The Hall–Kier alpha value is -2.38. The maximum atomic E-state index is 11.8. The number of nitrogens with one attached hydrogen (secondary N) is 2. The molecule has 0 bridgehead atoms. The third kappa shape index (κ3) is 3.30. The number of nitro groups is 1. The second kappa shape index (κ2) is 5.80. The van der Waals surface area contributed by atoms with Crippen molar-refractivity contribution in [1.29, 1.82) is 5.41 Å². The van der Waals surface area contributed by atoms with Gasteiger partial charge in [-0.15, -0.1) is 0 Å². The fraction of sp³-hybridized carbons (Fsp3) is 0.400. The van der Waals surface area contributed by atoms with E-state index in [9.17, 15) is 14.9 Å². The van der Waals surface area contributed by atoms with Gasteiger partial charge in [0.1, 0.15) is 5.69 Å². The Bertz CT molecular complexity index is 480. The third-order valence-electron chi connectivity index (χ3n) is 2.35. The molecule has 0 atom stereocenters. The molecule has 1 aromatic rings. The van der Waals surface area contributed by atoms with E-state index in [2.05, 4.69) is 5.32 Å². The van der Waals surface area contributed by atoms with Gasteiger partial charge in [0.25, 0.3) is 11.6 Å². The number of amides is 1. The minimum absolute atomic E-state index is 0.0212. The lowest BCUT2D eigenvalue weighted by molar-refractivity contribution is -0.384. The molecule has 1 aromatic heterocycles. The zero-order valence-electron chi connectivity index (χ0n) is 9.97. The number of aromatic nitrogens is 1. The van der Waals surface area contributed by atoms with Gasteiger partial charge in [0.2, 0.25) is 0 Å². The van der Waals surface area contributed by atoms with E-state index in [-0.39, 0.29) is 30.2 Å². The number of carbonyl (C=O) groups excluding carboxylic acids is 1. The summed E-state index contributed by atoms with van der Waals surface area (Å²) in [6, 6.07) is 1.23. The summed E-state index contributed by atoms with van der Waals surface area (Å²) in [5, 5.41) is 20.2. The lowest BCUT2D eigenvalue weighted by Gasteiger charge is -2.06. The minimum atomic E-state index is -0.543. The molecule has 0 unspecified atom stereocenters. The molecular weight excluding hydrogens is 238 g/mol. The van der Waals surface area contributed by atoms with Crippen LogP contribution in [0.3, 0.4) is 0 Å². The molecule has 98 valence electrons. The summed E-state index contributed by atoms with van der Waals surface area (Å²) in [7, 11) is 0. The molecule has 0 saturated carbocycles. The Morgan fingerprint density at radius 3 is 2.83 bits per heavy atom. The molecule has 1 heterocycles. The van der Waals surface area contributed by atoms with Crippen LogP contribution < -0.4 is 11.1 Å². The second-order valence-corrected chi connectivity index (χ2v) is 3.66. The fourth-order valence-corrected chi connectivity index (χ4v) is 1.45. The lowest BCUT2D eigenvalue weighted by Crippen LogP contribution is -2.29. The predicted molar refractivity (Wildman–Crippen MR) is 65.6 cm³/mol. The number of amidine groups is 1. The van der Waals surface area contributed by atoms with Crippen molar-refractivity contribution in [3.63, 3.8) is 0 Å². The maximum Gasteiger partial charge on any atom is 0.287 e. The van der Waals surface area contributed by atoms with E-state index >= 15 is 0 Å². The number of nitrogens with two attached hydrogens (primary N) is 1. The molecule has 0 aliphatic rings. The predicted octanol–water partition coefficient (Wildman–Crippen LogP) is 0.472.